The predicted octanol–water partition coefficient (Wildman–Crippen LogP) is 3.55. The summed E-state index contributed by atoms with van der Waals surface area (Å²) in [7, 11) is 3.69. The van der Waals surface area contributed by atoms with E-state index in [0.29, 0.717) is 34.0 Å². The van der Waals surface area contributed by atoms with Crippen LogP contribution in [-0.4, -0.2) is 61.0 Å². The fourth-order valence-corrected chi connectivity index (χ4v) is 4.05. The Labute approximate surface area is 203 Å². The molecule has 0 radical (unpaired) electrons. The van der Waals surface area contributed by atoms with Crippen LogP contribution in [0.5, 0.6) is 0 Å². The third kappa shape index (κ3) is 4.95. The van der Waals surface area contributed by atoms with Gasteiger partial charge in [0.05, 0.1) is 23.5 Å². The van der Waals surface area contributed by atoms with Crippen LogP contribution in [0.25, 0.3) is 22.3 Å². The van der Waals surface area contributed by atoms with Gasteiger partial charge in [-0.15, -0.1) is 0 Å². The van der Waals surface area contributed by atoms with E-state index in [2.05, 4.69) is 20.5 Å². The second-order valence-electron chi connectivity index (χ2n) is 8.24. The summed E-state index contributed by atoms with van der Waals surface area (Å²) in [6.45, 7) is 6.95. The highest BCUT2D eigenvalue weighted by Crippen LogP contribution is 2.25. The van der Waals surface area contributed by atoms with E-state index in [-0.39, 0.29) is 5.91 Å². The molecular formula is C24H29ClN8O. The van der Waals surface area contributed by atoms with Gasteiger partial charge >= 0.3 is 0 Å². The molecule has 0 saturated heterocycles. The van der Waals surface area contributed by atoms with Gasteiger partial charge in [0.15, 0.2) is 5.82 Å². The monoisotopic (exact) mass is 480 g/mol. The van der Waals surface area contributed by atoms with Crippen molar-refractivity contribution in [1.29, 1.82) is 0 Å². The van der Waals surface area contributed by atoms with Crippen LogP contribution in [0.15, 0.2) is 36.8 Å². The Kier molecular flexibility index (Phi) is 7.23. The van der Waals surface area contributed by atoms with Crippen molar-refractivity contribution in [2.45, 2.75) is 39.9 Å². The minimum atomic E-state index is -0.207. The van der Waals surface area contributed by atoms with Crippen LogP contribution < -0.4 is 5.32 Å². The molecule has 1 aromatic carbocycles. The minimum Gasteiger partial charge on any atom is -0.336 e. The van der Waals surface area contributed by atoms with Gasteiger partial charge in [0, 0.05) is 54.5 Å². The van der Waals surface area contributed by atoms with Gasteiger partial charge in [0.1, 0.15) is 5.69 Å². The van der Waals surface area contributed by atoms with Gasteiger partial charge in [0.25, 0.3) is 5.91 Å². The van der Waals surface area contributed by atoms with Gasteiger partial charge in [-0.2, -0.15) is 10.2 Å². The first-order valence-electron chi connectivity index (χ1n) is 11.3. The summed E-state index contributed by atoms with van der Waals surface area (Å²) in [4.78, 5) is 24.6. The number of hydrogen-bond acceptors (Lipinski definition) is 6. The van der Waals surface area contributed by atoms with Gasteiger partial charge in [-0.05, 0) is 52.1 Å². The zero-order valence-electron chi connectivity index (χ0n) is 19.9. The summed E-state index contributed by atoms with van der Waals surface area (Å²) in [6.07, 6.45) is 6.41. The summed E-state index contributed by atoms with van der Waals surface area (Å²) < 4.78 is 3.78. The van der Waals surface area contributed by atoms with Crippen LogP contribution in [0, 0.1) is 6.92 Å². The van der Waals surface area contributed by atoms with Crippen molar-refractivity contribution in [3.63, 3.8) is 0 Å². The van der Waals surface area contributed by atoms with E-state index in [1.807, 2.05) is 48.7 Å². The molecule has 4 aromatic rings. The lowest BCUT2D eigenvalue weighted by atomic mass is 10.1. The smallest absolute Gasteiger partial charge is 0.273 e. The number of nitrogens with one attached hydrogen (secondary N) is 1. The Hall–Kier alpha value is -3.30. The summed E-state index contributed by atoms with van der Waals surface area (Å²) in [6, 6.07) is 5.32. The minimum absolute atomic E-state index is 0.207. The van der Waals surface area contributed by atoms with Crippen molar-refractivity contribution in [3.05, 3.63) is 58.8 Å². The van der Waals surface area contributed by atoms with Gasteiger partial charge < -0.3 is 10.2 Å². The van der Waals surface area contributed by atoms with E-state index in [9.17, 15) is 4.79 Å². The maximum atomic E-state index is 13.6. The van der Waals surface area contributed by atoms with Crippen LogP contribution >= 0.6 is 11.6 Å². The molecule has 3 heterocycles. The summed E-state index contributed by atoms with van der Waals surface area (Å²) in [5.41, 5.74) is 3.77. The van der Waals surface area contributed by atoms with Crippen molar-refractivity contribution in [2.75, 3.05) is 20.6 Å². The van der Waals surface area contributed by atoms with Gasteiger partial charge in [0.2, 0.25) is 0 Å². The second kappa shape index (κ2) is 10.3. The summed E-state index contributed by atoms with van der Waals surface area (Å²) in [5, 5.41) is 13.1. The number of carbonyl (C=O) groups is 1. The topological polar surface area (TPSA) is 93.8 Å². The average molecular weight is 481 g/mol. The Morgan fingerprint density at radius 1 is 1.21 bits per heavy atom. The zero-order valence-corrected chi connectivity index (χ0v) is 20.7. The van der Waals surface area contributed by atoms with E-state index >= 15 is 0 Å². The zero-order chi connectivity index (χ0) is 24.2. The Balaban J connectivity index is 1.68. The molecule has 0 saturated carbocycles. The molecule has 0 spiro atoms. The molecule has 178 valence electrons. The Morgan fingerprint density at radius 3 is 2.76 bits per heavy atom. The van der Waals surface area contributed by atoms with Crippen LogP contribution in [0.1, 0.15) is 35.1 Å². The Bertz CT molecular complexity index is 1310. The molecule has 34 heavy (non-hydrogen) atoms. The normalized spacial score (nSPS) is 11.3. The highest BCUT2D eigenvalue weighted by molar-refractivity contribution is 6.31. The van der Waals surface area contributed by atoms with Gasteiger partial charge in [-0.3, -0.25) is 14.2 Å². The largest absolute Gasteiger partial charge is 0.336 e. The number of amides is 1. The van der Waals surface area contributed by atoms with Crippen molar-refractivity contribution < 1.29 is 4.79 Å². The Morgan fingerprint density at radius 2 is 2.03 bits per heavy atom. The lowest BCUT2D eigenvalue weighted by Gasteiger charge is -2.18. The van der Waals surface area contributed by atoms with Gasteiger partial charge in [-0.25, -0.2) is 9.97 Å². The van der Waals surface area contributed by atoms with Crippen LogP contribution in [0.4, 0.5) is 0 Å². The number of benzene rings is 1. The molecule has 1 amide bonds. The number of halogens is 1. The fourth-order valence-electron chi connectivity index (χ4n) is 3.88. The first-order valence-corrected chi connectivity index (χ1v) is 11.7. The molecule has 0 unspecified atom stereocenters. The maximum absolute atomic E-state index is 13.6. The molecule has 0 aliphatic rings. The molecule has 10 heteroatoms. The van der Waals surface area contributed by atoms with E-state index in [4.69, 9.17) is 16.6 Å². The molecule has 0 aliphatic carbocycles. The van der Waals surface area contributed by atoms with Crippen LogP contribution in [-0.2, 0) is 19.6 Å². The van der Waals surface area contributed by atoms with E-state index in [1.165, 1.54) is 0 Å². The average Bonchev–Trinajstić information content (AvgIpc) is 3.45. The van der Waals surface area contributed by atoms with E-state index < -0.39 is 0 Å². The molecular weight excluding hydrogens is 452 g/mol. The van der Waals surface area contributed by atoms with E-state index in [1.54, 1.807) is 30.3 Å². The van der Waals surface area contributed by atoms with Crippen LogP contribution in [0.3, 0.4) is 0 Å². The fraction of sp³-hybridized carbons (Fsp3) is 0.375. The van der Waals surface area contributed by atoms with E-state index in [0.717, 1.165) is 42.9 Å². The third-order valence-corrected chi connectivity index (χ3v) is 6.06. The summed E-state index contributed by atoms with van der Waals surface area (Å²) >= 11 is 6.25. The summed E-state index contributed by atoms with van der Waals surface area (Å²) in [5.74, 6) is 0.252. The number of nitrogens with zero attached hydrogens (tertiary/aromatic N) is 7. The molecule has 9 nitrogen and oxygen atoms in total. The number of rotatable bonds is 9. The SMILES string of the molecule is CCn1ncc(CN(C)C(=O)c2nc(-c3cnn(CCCNC)c3)nc3ccc(Cl)cc23)c1C. The molecule has 4 rings (SSSR count). The lowest BCUT2D eigenvalue weighted by Crippen LogP contribution is -2.27. The molecule has 0 atom stereocenters. The number of fused-ring (bicyclic) bond motifs is 1. The number of carbonyl (C=O) groups excluding carboxylic acids is 1. The van der Waals surface area contributed by atoms with Gasteiger partial charge in [-0.1, -0.05) is 11.6 Å². The maximum Gasteiger partial charge on any atom is 0.273 e. The standard InChI is InChI=1S/C24H29ClN8O/c1-5-33-16(2)17(12-28-33)14-31(4)24(34)22-20-11-19(25)7-8-21(20)29-23(30-22)18-13-27-32(15-18)10-6-9-26-3/h7-8,11-13,15,26H,5-6,9-10,14H2,1-4H3. The van der Waals surface area contributed by atoms with Crippen molar-refractivity contribution in [2.24, 2.45) is 0 Å². The number of hydrogen-bond donors (Lipinski definition) is 1. The first-order chi connectivity index (χ1) is 16.4. The number of aryl methyl sites for hydroxylation is 2. The first kappa shape index (κ1) is 23.8. The van der Waals surface area contributed by atoms with Crippen molar-refractivity contribution in [3.8, 4) is 11.4 Å². The predicted molar refractivity (Wildman–Crippen MR) is 133 cm³/mol. The number of aromatic nitrogens is 6. The van der Waals surface area contributed by atoms with Crippen LogP contribution in [0.2, 0.25) is 5.02 Å². The third-order valence-electron chi connectivity index (χ3n) is 5.82. The molecule has 0 aliphatic heterocycles. The molecule has 0 bridgehead atoms. The second-order valence-corrected chi connectivity index (χ2v) is 8.68. The highest BCUT2D eigenvalue weighted by atomic mass is 35.5. The van der Waals surface area contributed by atoms with Crippen molar-refractivity contribution >= 4 is 28.4 Å². The molecule has 3 aromatic heterocycles. The highest BCUT2D eigenvalue weighted by Gasteiger charge is 2.21. The molecule has 0 fully saturated rings. The quantitative estimate of drug-likeness (QED) is 0.368. The molecule has 1 N–H and O–H groups in total. The van der Waals surface area contributed by atoms with Crippen molar-refractivity contribution in [1.82, 2.24) is 39.7 Å². The lowest BCUT2D eigenvalue weighted by molar-refractivity contribution is 0.0781.